The molecular weight excluding hydrogens is 619 g/mol. The number of imidazole rings is 1. The van der Waals surface area contributed by atoms with Crippen LogP contribution in [0.5, 0.6) is 5.75 Å². The summed E-state index contributed by atoms with van der Waals surface area (Å²) in [6, 6.07) is 8.53. The van der Waals surface area contributed by atoms with Gasteiger partial charge < -0.3 is 14.6 Å². The normalized spacial score (nSPS) is 12.4. The number of carbonyl (C=O) groups excluding carboxylic acids is 1. The summed E-state index contributed by atoms with van der Waals surface area (Å²) in [7, 11) is -4.21. The van der Waals surface area contributed by atoms with Gasteiger partial charge in [-0.15, -0.1) is 5.10 Å². The van der Waals surface area contributed by atoms with Crippen molar-refractivity contribution in [2.45, 2.75) is 52.1 Å². The molecule has 2 heterocycles. The fraction of sp³-hybridized carbons (Fsp3) is 0.400. The number of ether oxygens (including phenoxy) is 1. The monoisotopic (exact) mass is 657 g/mol. The van der Waals surface area contributed by atoms with E-state index in [1.807, 2.05) is 41.5 Å². The Morgan fingerprint density at radius 2 is 1.73 bits per heavy atom. The molecule has 45 heavy (non-hydrogen) atoms. The summed E-state index contributed by atoms with van der Waals surface area (Å²) in [5.41, 5.74) is 3.47. The number of aromatic nitrogens is 5. The van der Waals surface area contributed by atoms with Gasteiger partial charge in [-0.3, -0.25) is 9.52 Å². The molecule has 0 saturated heterocycles. The van der Waals surface area contributed by atoms with E-state index in [1.165, 1.54) is 22.6 Å². The van der Waals surface area contributed by atoms with Crippen molar-refractivity contribution >= 4 is 37.1 Å². The molecular formula is C30H39N7O6S2. The summed E-state index contributed by atoms with van der Waals surface area (Å²) in [5.74, 6) is -0.378. The molecule has 4 rings (SSSR count). The molecule has 15 heteroatoms. The third kappa shape index (κ3) is 7.53. The van der Waals surface area contributed by atoms with Crippen molar-refractivity contribution in [1.82, 2.24) is 24.5 Å². The molecule has 0 aliphatic heterocycles. The van der Waals surface area contributed by atoms with Gasteiger partial charge in [0.15, 0.2) is 5.75 Å². The van der Waals surface area contributed by atoms with Gasteiger partial charge in [-0.05, 0) is 53.6 Å². The summed E-state index contributed by atoms with van der Waals surface area (Å²) < 4.78 is 60.8. The SMILES string of the molecule is COc1c(NC(=O)c2ccc(C)c(-n3cc(-c4cnc(S(=O)(=O)CC(C)C)n4C)nn3)c2)cc(C(C)(C)C)cc1NS(C)(=O)=O. The number of sulfone groups is 1. The van der Waals surface area contributed by atoms with Crippen LogP contribution in [0.25, 0.3) is 17.1 Å². The van der Waals surface area contributed by atoms with Gasteiger partial charge in [0, 0.05) is 12.6 Å². The molecule has 0 unspecified atom stereocenters. The van der Waals surface area contributed by atoms with Crippen LogP contribution in [0.15, 0.2) is 47.9 Å². The summed E-state index contributed by atoms with van der Waals surface area (Å²) in [5, 5.41) is 11.3. The molecule has 2 aromatic carbocycles. The van der Waals surface area contributed by atoms with Crippen LogP contribution in [-0.4, -0.2) is 66.4 Å². The standard InChI is InChI=1S/C30H39N7O6S2/c1-18(2)17-45(41,42)29-31-15-26(36(29)7)24-16-37(35-33-24)25-12-20(11-10-19(25)3)28(38)32-22-13-21(30(4,5)6)14-23(27(22)43-8)34-44(9,39)40/h10-16,18,34H,17H2,1-9H3,(H,32,38). The number of sulfonamides is 1. The van der Waals surface area contributed by atoms with Crippen LogP contribution in [0.1, 0.15) is 56.1 Å². The molecule has 0 atom stereocenters. The topological polar surface area (TPSA) is 167 Å². The molecule has 4 aromatic rings. The number of aryl methyl sites for hydroxylation is 1. The van der Waals surface area contributed by atoms with Crippen molar-refractivity contribution in [3.8, 4) is 22.8 Å². The first-order valence-corrected chi connectivity index (χ1v) is 17.6. The van der Waals surface area contributed by atoms with Crippen LogP contribution >= 0.6 is 0 Å². The third-order valence-corrected chi connectivity index (χ3v) is 9.58. The van der Waals surface area contributed by atoms with E-state index in [-0.39, 0.29) is 33.7 Å². The van der Waals surface area contributed by atoms with Crippen molar-refractivity contribution in [2.75, 3.05) is 29.2 Å². The minimum absolute atomic E-state index is 0.0278. The van der Waals surface area contributed by atoms with Gasteiger partial charge in [-0.2, -0.15) is 0 Å². The highest BCUT2D eigenvalue weighted by atomic mass is 32.2. The van der Waals surface area contributed by atoms with Gasteiger partial charge in [-0.1, -0.05) is 45.9 Å². The van der Waals surface area contributed by atoms with E-state index in [2.05, 4.69) is 25.3 Å². The Labute approximate surface area is 264 Å². The van der Waals surface area contributed by atoms with Crippen LogP contribution < -0.4 is 14.8 Å². The van der Waals surface area contributed by atoms with E-state index in [1.54, 1.807) is 43.6 Å². The Kier molecular flexibility index (Phi) is 9.18. The predicted molar refractivity (Wildman–Crippen MR) is 173 cm³/mol. The van der Waals surface area contributed by atoms with Crippen LogP contribution in [0.3, 0.4) is 0 Å². The molecule has 0 saturated carbocycles. The minimum Gasteiger partial charge on any atom is -0.492 e. The molecule has 0 radical (unpaired) electrons. The highest BCUT2D eigenvalue weighted by Gasteiger charge is 2.25. The Bertz CT molecular complexity index is 1970. The van der Waals surface area contributed by atoms with E-state index in [0.717, 1.165) is 17.4 Å². The number of benzene rings is 2. The van der Waals surface area contributed by atoms with Gasteiger partial charge in [0.25, 0.3) is 5.91 Å². The molecule has 0 spiro atoms. The lowest BCUT2D eigenvalue weighted by atomic mass is 9.86. The zero-order valence-electron chi connectivity index (χ0n) is 26.8. The number of hydrogen-bond donors (Lipinski definition) is 2. The second-order valence-electron chi connectivity index (χ2n) is 12.4. The van der Waals surface area contributed by atoms with Gasteiger partial charge in [0.05, 0.1) is 54.3 Å². The maximum atomic E-state index is 13.6. The van der Waals surface area contributed by atoms with E-state index in [4.69, 9.17) is 4.74 Å². The number of nitrogens with one attached hydrogen (secondary N) is 2. The number of methoxy groups -OCH3 is 1. The average molecular weight is 658 g/mol. The Hall–Kier alpha value is -4.24. The van der Waals surface area contributed by atoms with Gasteiger partial charge >= 0.3 is 0 Å². The summed E-state index contributed by atoms with van der Waals surface area (Å²) >= 11 is 0. The lowest BCUT2D eigenvalue weighted by Crippen LogP contribution is -2.18. The third-order valence-electron chi connectivity index (χ3n) is 6.95. The van der Waals surface area contributed by atoms with Crippen LogP contribution in [0.2, 0.25) is 0 Å². The maximum absolute atomic E-state index is 13.6. The summed E-state index contributed by atoms with van der Waals surface area (Å²) in [4.78, 5) is 17.7. The smallest absolute Gasteiger partial charge is 0.255 e. The highest BCUT2D eigenvalue weighted by Crippen LogP contribution is 2.39. The largest absolute Gasteiger partial charge is 0.492 e. The van der Waals surface area contributed by atoms with E-state index < -0.39 is 25.8 Å². The van der Waals surface area contributed by atoms with E-state index >= 15 is 0 Å². The van der Waals surface area contributed by atoms with Gasteiger partial charge in [0.2, 0.25) is 25.0 Å². The zero-order valence-corrected chi connectivity index (χ0v) is 28.5. The lowest BCUT2D eigenvalue weighted by Gasteiger charge is -2.24. The Morgan fingerprint density at radius 1 is 1.07 bits per heavy atom. The number of anilines is 2. The highest BCUT2D eigenvalue weighted by molar-refractivity contribution is 7.92. The van der Waals surface area contributed by atoms with Crippen LogP contribution in [0, 0.1) is 12.8 Å². The van der Waals surface area contributed by atoms with Crippen LogP contribution in [-0.2, 0) is 32.3 Å². The minimum atomic E-state index is -3.64. The van der Waals surface area contributed by atoms with Crippen molar-refractivity contribution in [2.24, 2.45) is 13.0 Å². The molecule has 0 fully saturated rings. The van der Waals surface area contributed by atoms with Crippen molar-refractivity contribution in [1.29, 1.82) is 0 Å². The molecule has 2 aromatic heterocycles. The fourth-order valence-corrected chi connectivity index (χ4v) is 7.08. The van der Waals surface area contributed by atoms with E-state index in [9.17, 15) is 21.6 Å². The average Bonchev–Trinajstić information content (AvgIpc) is 3.53. The lowest BCUT2D eigenvalue weighted by molar-refractivity contribution is 0.102. The second kappa shape index (κ2) is 12.3. The Morgan fingerprint density at radius 3 is 2.33 bits per heavy atom. The first-order chi connectivity index (χ1) is 20.8. The van der Waals surface area contributed by atoms with E-state index in [0.29, 0.717) is 28.3 Å². The zero-order chi connectivity index (χ0) is 33.5. The first-order valence-electron chi connectivity index (χ1n) is 14.1. The van der Waals surface area contributed by atoms with Gasteiger partial charge in [-0.25, -0.2) is 26.5 Å². The van der Waals surface area contributed by atoms with Crippen molar-refractivity contribution < 1.29 is 26.4 Å². The summed E-state index contributed by atoms with van der Waals surface area (Å²) in [6.07, 6.45) is 4.13. The number of nitrogens with zero attached hydrogens (tertiary/aromatic N) is 5. The molecule has 1 amide bonds. The number of rotatable bonds is 10. The molecule has 0 aliphatic rings. The van der Waals surface area contributed by atoms with Crippen molar-refractivity contribution in [3.05, 3.63) is 59.4 Å². The summed E-state index contributed by atoms with van der Waals surface area (Å²) in [6.45, 7) is 11.4. The first kappa shape index (κ1) is 33.6. The molecule has 242 valence electrons. The quantitative estimate of drug-likeness (QED) is 0.252. The van der Waals surface area contributed by atoms with Crippen molar-refractivity contribution in [3.63, 3.8) is 0 Å². The second-order valence-corrected chi connectivity index (χ2v) is 16.1. The molecule has 0 bridgehead atoms. The molecule has 0 aliphatic carbocycles. The van der Waals surface area contributed by atoms with Gasteiger partial charge in [0.1, 0.15) is 5.69 Å². The molecule has 13 nitrogen and oxygen atoms in total. The number of hydrogen-bond acceptors (Lipinski definition) is 9. The number of carbonyl (C=O) groups is 1. The maximum Gasteiger partial charge on any atom is 0.255 e. The van der Waals surface area contributed by atoms with Crippen LogP contribution in [0.4, 0.5) is 11.4 Å². The fourth-order valence-electron chi connectivity index (χ4n) is 4.77. The molecule has 2 N–H and O–H groups in total. The Balaban J connectivity index is 1.68. The predicted octanol–water partition coefficient (Wildman–Crippen LogP) is 4.34. The number of amides is 1.